The van der Waals surface area contributed by atoms with Crippen molar-refractivity contribution >= 4 is 28.5 Å². The summed E-state index contributed by atoms with van der Waals surface area (Å²) >= 11 is 0. The molecule has 1 unspecified atom stereocenters. The van der Waals surface area contributed by atoms with Gasteiger partial charge in [-0.05, 0) is 60.6 Å². The van der Waals surface area contributed by atoms with Crippen molar-refractivity contribution in [3.8, 4) is 0 Å². The van der Waals surface area contributed by atoms with Gasteiger partial charge >= 0.3 is 0 Å². The highest BCUT2D eigenvalue weighted by Crippen LogP contribution is 2.31. The Kier molecular flexibility index (Phi) is 8.95. The van der Waals surface area contributed by atoms with Gasteiger partial charge in [-0.1, -0.05) is 63.2 Å². The number of fused-ring (bicyclic) bond motifs is 1. The molecule has 0 saturated carbocycles. The molecule has 1 aliphatic rings. The van der Waals surface area contributed by atoms with E-state index in [0.29, 0.717) is 25.3 Å². The van der Waals surface area contributed by atoms with Crippen molar-refractivity contribution in [3.05, 3.63) is 72.2 Å². The van der Waals surface area contributed by atoms with Gasteiger partial charge in [0.1, 0.15) is 17.5 Å². The van der Waals surface area contributed by atoms with Gasteiger partial charge in [0, 0.05) is 18.4 Å². The van der Waals surface area contributed by atoms with Gasteiger partial charge in [0.15, 0.2) is 0 Å². The molecule has 1 aromatic heterocycles. The Labute approximate surface area is 235 Å². The van der Waals surface area contributed by atoms with E-state index in [0.717, 1.165) is 22.8 Å². The third kappa shape index (κ3) is 7.49. The third-order valence-corrected chi connectivity index (χ3v) is 7.33. The number of hydrogen-bond donors (Lipinski definition) is 4. The van der Waals surface area contributed by atoms with E-state index in [2.05, 4.69) is 16.2 Å². The standard InChI is InChI=1S/C31H40N4O5/c1-30(2,3)29(38)35-15-7-12-26(35)28(37)34-33-27(36)18-24(19-31(4,39)32-20-25-11-8-16-40-25)23-14-13-21-9-5-6-10-22(21)17-23/h5-6,8-11,13-14,16-17,24,26,32,39H,7,12,15,18-20H2,1-4H3,(H,33,36)(H,34,37)/t24?,26-,31+/m0/s1. The Bertz CT molecular complexity index is 1330. The fourth-order valence-electron chi connectivity index (χ4n) is 5.21. The zero-order chi connectivity index (χ0) is 28.9. The van der Waals surface area contributed by atoms with E-state index in [-0.39, 0.29) is 30.6 Å². The number of carbonyl (C=O) groups excluding carboxylic acids is 3. The smallest absolute Gasteiger partial charge is 0.261 e. The Morgan fingerprint density at radius 3 is 2.48 bits per heavy atom. The molecule has 40 heavy (non-hydrogen) atoms. The monoisotopic (exact) mass is 548 g/mol. The van der Waals surface area contributed by atoms with Gasteiger partial charge in [0.05, 0.1) is 12.8 Å². The predicted octanol–water partition coefficient (Wildman–Crippen LogP) is 3.98. The first-order chi connectivity index (χ1) is 18.9. The van der Waals surface area contributed by atoms with Gasteiger partial charge in [-0.2, -0.15) is 0 Å². The van der Waals surface area contributed by atoms with E-state index in [9.17, 15) is 19.5 Å². The summed E-state index contributed by atoms with van der Waals surface area (Å²) in [6.07, 6.45) is 3.13. The molecule has 0 spiro atoms. The molecule has 0 radical (unpaired) electrons. The average Bonchev–Trinajstić information content (AvgIpc) is 3.61. The van der Waals surface area contributed by atoms with Gasteiger partial charge in [-0.15, -0.1) is 0 Å². The fourth-order valence-corrected chi connectivity index (χ4v) is 5.21. The van der Waals surface area contributed by atoms with Crippen LogP contribution in [0.5, 0.6) is 0 Å². The molecule has 214 valence electrons. The quantitative estimate of drug-likeness (QED) is 0.237. The molecule has 9 heteroatoms. The molecule has 0 aliphatic carbocycles. The number of nitrogens with one attached hydrogen (secondary N) is 3. The first kappa shape index (κ1) is 29.3. The maximum Gasteiger partial charge on any atom is 0.261 e. The Balaban J connectivity index is 1.44. The SMILES string of the molecule is CC(C)(C)C(=O)N1CCC[C@H]1C(=O)NNC(=O)CC(C[C@@](C)(O)NCc1ccco1)c1ccc2ccccc2c1. The number of hydrogen-bond acceptors (Lipinski definition) is 6. The molecular weight excluding hydrogens is 508 g/mol. The van der Waals surface area contributed by atoms with E-state index < -0.39 is 23.1 Å². The van der Waals surface area contributed by atoms with Crippen LogP contribution in [-0.4, -0.2) is 46.0 Å². The number of nitrogens with zero attached hydrogens (tertiary/aromatic N) is 1. The minimum absolute atomic E-state index is 0.0342. The summed E-state index contributed by atoms with van der Waals surface area (Å²) in [6, 6.07) is 17.0. The van der Waals surface area contributed by atoms with Crippen LogP contribution in [0.15, 0.2) is 65.3 Å². The van der Waals surface area contributed by atoms with Crippen LogP contribution in [0.4, 0.5) is 0 Å². The molecule has 3 aromatic rings. The van der Waals surface area contributed by atoms with Crippen LogP contribution < -0.4 is 16.2 Å². The van der Waals surface area contributed by atoms with Gasteiger partial charge in [-0.25, -0.2) is 0 Å². The number of benzene rings is 2. The summed E-state index contributed by atoms with van der Waals surface area (Å²) in [5, 5.41) is 16.4. The summed E-state index contributed by atoms with van der Waals surface area (Å²) in [6.45, 7) is 8.01. The van der Waals surface area contributed by atoms with E-state index in [4.69, 9.17) is 4.42 Å². The van der Waals surface area contributed by atoms with Crippen LogP contribution in [0.25, 0.3) is 10.8 Å². The molecule has 0 bridgehead atoms. The van der Waals surface area contributed by atoms with Crippen LogP contribution in [-0.2, 0) is 20.9 Å². The molecule has 1 fully saturated rings. The molecule has 2 aromatic carbocycles. The maximum atomic E-state index is 13.1. The van der Waals surface area contributed by atoms with Crippen molar-refractivity contribution < 1.29 is 23.9 Å². The molecule has 9 nitrogen and oxygen atoms in total. The largest absolute Gasteiger partial charge is 0.468 e. The number of amides is 3. The second-order valence-corrected chi connectivity index (χ2v) is 11.9. The lowest BCUT2D eigenvalue weighted by Gasteiger charge is -2.31. The van der Waals surface area contributed by atoms with E-state index in [1.165, 1.54) is 0 Å². The first-order valence-electron chi connectivity index (χ1n) is 13.8. The fraction of sp³-hybridized carbons (Fsp3) is 0.452. The highest BCUT2D eigenvalue weighted by atomic mass is 16.3. The van der Waals surface area contributed by atoms with Gasteiger partial charge in [0.25, 0.3) is 5.91 Å². The number of aliphatic hydroxyl groups is 1. The molecule has 3 amide bonds. The van der Waals surface area contributed by atoms with Crippen molar-refractivity contribution in [3.63, 3.8) is 0 Å². The van der Waals surface area contributed by atoms with Crippen molar-refractivity contribution in [1.82, 2.24) is 21.1 Å². The number of likely N-dealkylation sites (tertiary alicyclic amines) is 1. The lowest BCUT2D eigenvalue weighted by atomic mass is 9.87. The maximum absolute atomic E-state index is 13.1. The average molecular weight is 549 g/mol. The van der Waals surface area contributed by atoms with Crippen molar-refractivity contribution in [2.45, 2.75) is 77.6 Å². The Morgan fingerprint density at radius 1 is 1.02 bits per heavy atom. The molecule has 4 N–H and O–H groups in total. The zero-order valence-electron chi connectivity index (χ0n) is 23.7. The van der Waals surface area contributed by atoms with E-state index in [1.54, 1.807) is 24.2 Å². The summed E-state index contributed by atoms with van der Waals surface area (Å²) in [5.74, 6) is -0.546. The number of furan rings is 1. The zero-order valence-corrected chi connectivity index (χ0v) is 23.7. The van der Waals surface area contributed by atoms with E-state index >= 15 is 0 Å². The molecule has 1 saturated heterocycles. The number of carbonyl (C=O) groups is 3. The summed E-state index contributed by atoms with van der Waals surface area (Å²) in [5.41, 5.74) is 4.08. The lowest BCUT2D eigenvalue weighted by molar-refractivity contribution is -0.145. The van der Waals surface area contributed by atoms with Gasteiger partial charge in [-0.3, -0.25) is 30.6 Å². The summed E-state index contributed by atoms with van der Waals surface area (Å²) < 4.78 is 5.37. The Morgan fingerprint density at radius 2 is 1.77 bits per heavy atom. The normalized spacial score (nSPS) is 17.8. The van der Waals surface area contributed by atoms with Crippen LogP contribution in [0, 0.1) is 5.41 Å². The van der Waals surface area contributed by atoms with Crippen LogP contribution in [0.1, 0.15) is 70.6 Å². The highest BCUT2D eigenvalue weighted by molar-refractivity contribution is 5.91. The predicted molar refractivity (Wildman–Crippen MR) is 153 cm³/mol. The minimum atomic E-state index is -1.30. The number of hydrazine groups is 1. The van der Waals surface area contributed by atoms with Gasteiger partial charge < -0.3 is 14.4 Å². The third-order valence-electron chi connectivity index (χ3n) is 7.33. The molecule has 4 rings (SSSR count). The molecule has 1 aliphatic heterocycles. The van der Waals surface area contributed by atoms with Crippen LogP contribution in [0.2, 0.25) is 0 Å². The highest BCUT2D eigenvalue weighted by Gasteiger charge is 2.38. The van der Waals surface area contributed by atoms with Crippen molar-refractivity contribution in [1.29, 1.82) is 0 Å². The van der Waals surface area contributed by atoms with Crippen LogP contribution in [0.3, 0.4) is 0 Å². The topological polar surface area (TPSA) is 124 Å². The summed E-state index contributed by atoms with van der Waals surface area (Å²) in [4.78, 5) is 40.4. The minimum Gasteiger partial charge on any atom is -0.468 e. The summed E-state index contributed by atoms with van der Waals surface area (Å²) in [7, 11) is 0. The Hall–Kier alpha value is -3.69. The van der Waals surface area contributed by atoms with E-state index in [1.807, 2.05) is 69.3 Å². The van der Waals surface area contributed by atoms with Crippen molar-refractivity contribution in [2.24, 2.45) is 5.41 Å². The second-order valence-electron chi connectivity index (χ2n) is 11.9. The number of rotatable bonds is 9. The second kappa shape index (κ2) is 12.2. The molecule has 3 atom stereocenters. The molecular formula is C31H40N4O5. The lowest BCUT2D eigenvalue weighted by Crippen LogP contribution is -2.53. The first-order valence-corrected chi connectivity index (χ1v) is 13.8. The van der Waals surface area contributed by atoms with Crippen molar-refractivity contribution in [2.75, 3.05) is 6.54 Å². The van der Waals surface area contributed by atoms with Gasteiger partial charge in [0.2, 0.25) is 11.8 Å². The van der Waals surface area contributed by atoms with Crippen LogP contribution >= 0.6 is 0 Å². The molecule has 2 heterocycles.